The molecular formula is C31H30F4N6O4S. The van der Waals surface area contributed by atoms with Crippen LogP contribution in [0.4, 0.5) is 33.7 Å². The molecule has 0 aliphatic rings. The number of aromatic nitrogens is 3. The molecule has 46 heavy (non-hydrogen) atoms. The van der Waals surface area contributed by atoms with E-state index in [1.54, 1.807) is 0 Å². The van der Waals surface area contributed by atoms with E-state index in [0.29, 0.717) is 23.5 Å². The normalized spacial score (nSPS) is 11.8. The molecule has 15 heteroatoms. The van der Waals surface area contributed by atoms with Gasteiger partial charge in [-0.1, -0.05) is 44.7 Å². The van der Waals surface area contributed by atoms with Crippen LogP contribution in [0.3, 0.4) is 0 Å². The highest BCUT2D eigenvalue weighted by molar-refractivity contribution is 8.14. The Labute approximate surface area is 266 Å². The van der Waals surface area contributed by atoms with Crippen molar-refractivity contribution < 1.29 is 36.6 Å². The van der Waals surface area contributed by atoms with Crippen molar-refractivity contribution in [3.63, 3.8) is 0 Å². The summed E-state index contributed by atoms with van der Waals surface area (Å²) in [7, 11) is 0. The summed E-state index contributed by atoms with van der Waals surface area (Å²) < 4.78 is 62.7. The number of anilines is 2. The molecule has 10 nitrogen and oxygen atoms in total. The zero-order chi connectivity index (χ0) is 33.4. The number of urea groups is 1. The van der Waals surface area contributed by atoms with Gasteiger partial charge in [-0.2, -0.15) is 4.99 Å². The number of halogens is 4. The topological polar surface area (TPSA) is 111 Å². The minimum absolute atomic E-state index is 0.107. The molecule has 4 rings (SSSR count). The number of carbonyl (C=O) groups excluding carboxylic acids is 2. The van der Waals surface area contributed by atoms with Crippen LogP contribution in [-0.2, 0) is 11.4 Å². The molecular weight excluding hydrogens is 628 g/mol. The average Bonchev–Trinajstić information content (AvgIpc) is 3.46. The quantitative estimate of drug-likeness (QED) is 0.0808. The third kappa shape index (κ3) is 9.06. The number of amides is 3. The highest BCUT2D eigenvalue weighted by Crippen LogP contribution is 2.30. The number of nitrogens with one attached hydrogen (secondary N) is 1. The molecule has 242 valence electrons. The summed E-state index contributed by atoms with van der Waals surface area (Å²) in [5.74, 6) is -0.473. The van der Waals surface area contributed by atoms with Gasteiger partial charge in [-0.25, -0.2) is 18.9 Å². The van der Waals surface area contributed by atoms with E-state index in [0.717, 1.165) is 29.3 Å². The fraction of sp³-hybridized carbons (Fsp3) is 0.258. The van der Waals surface area contributed by atoms with Gasteiger partial charge in [0.1, 0.15) is 18.7 Å². The number of aryl methyl sites for hydroxylation is 1. The fourth-order valence-corrected chi connectivity index (χ4v) is 4.89. The third-order valence-electron chi connectivity index (χ3n) is 6.26. The first-order valence-corrected chi connectivity index (χ1v) is 14.9. The van der Waals surface area contributed by atoms with Crippen molar-refractivity contribution in [3.8, 4) is 17.2 Å². The zero-order valence-electron chi connectivity index (χ0n) is 25.2. The Bertz CT molecular complexity index is 1710. The Hall–Kier alpha value is -4.92. The first-order valence-electron chi connectivity index (χ1n) is 13.9. The SMILES string of the molecule is CCS/C(=N\C(=O)Nc1ccc(OCc2ncn(-c3ccc(OC(F)(F)F)cc3)n2)c(F)c1)N(C=O)c1cc(C)ccc1C(C)C. The van der Waals surface area contributed by atoms with Gasteiger partial charge in [0.2, 0.25) is 6.41 Å². The molecule has 0 unspecified atom stereocenters. The van der Waals surface area contributed by atoms with Gasteiger partial charge >= 0.3 is 12.4 Å². The second kappa shape index (κ2) is 14.9. The summed E-state index contributed by atoms with van der Waals surface area (Å²) in [6.45, 7) is 7.55. The van der Waals surface area contributed by atoms with Crippen LogP contribution in [0.2, 0.25) is 0 Å². The molecule has 4 aromatic rings. The molecule has 0 fully saturated rings. The molecule has 3 amide bonds. The summed E-state index contributed by atoms with van der Waals surface area (Å²) in [4.78, 5) is 34.6. The lowest BCUT2D eigenvalue weighted by molar-refractivity contribution is -0.274. The Morgan fingerprint density at radius 3 is 2.50 bits per heavy atom. The van der Waals surface area contributed by atoms with Gasteiger partial charge in [-0.3, -0.25) is 9.69 Å². The van der Waals surface area contributed by atoms with Crippen LogP contribution in [0.15, 0.2) is 72.0 Å². The molecule has 0 aliphatic heterocycles. The summed E-state index contributed by atoms with van der Waals surface area (Å²) in [5, 5.41) is 6.86. The van der Waals surface area contributed by atoms with Crippen molar-refractivity contribution in [2.75, 3.05) is 16.0 Å². The van der Waals surface area contributed by atoms with Crippen LogP contribution in [0.5, 0.6) is 11.5 Å². The number of carbonyl (C=O) groups is 2. The number of nitrogens with zero attached hydrogens (tertiary/aromatic N) is 5. The molecule has 0 aliphatic carbocycles. The number of alkyl halides is 3. The number of aliphatic imine (C=N–C) groups is 1. The van der Waals surface area contributed by atoms with E-state index in [2.05, 4.69) is 25.1 Å². The van der Waals surface area contributed by atoms with Crippen LogP contribution < -0.4 is 19.7 Å². The highest BCUT2D eigenvalue weighted by atomic mass is 32.2. The number of thioether (sulfide) groups is 1. The molecule has 0 bridgehead atoms. The number of hydrogen-bond acceptors (Lipinski definition) is 7. The van der Waals surface area contributed by atoms with E-state index < -0.39 is 18.2 Å². The van der Waals surface area contributed by atoms with Crippen LogP contribution in [0.1, 0.15) is 43.6 Å². The maximum atomic E-state index is 14.9. The number of rotatable bonds is 10. The van der Waals surface area contributed by atoms with Gasteiger partial charge in [0.15, 0.2) is 22.6 Å². The summed E-state index contributed by atoms with van der Waals surface area (Å²) in [6, 6.07) is 13.7. The van der Waals surface area contributed by atoms with Gasteiger partial charge in [0.05, 0.1) is 11.4 Å². The lowest BCUT2D eigenvalue weighted by Crippen LogP contribution is -2.30. The smallest absolute Gasteiger partial charge is 0.482 e. The lowest BCUT2D eigenvalue weighted by atomic mass is 9.99. The van der Waals surface area contributed by atoms with E-state index in [-0.39, 0.29) is 40.7 Å². The number of benzene rings is 3. The average molecular weight is 659 g/mol. The van der Waals surface area contributed by atoms with E-state index in [1.807, 2.05) is 45.9 Å². The van der Waals surface area contributed by atoms with Gasteiger partial charge in [-0.15, -0.1) is 18.3 Å². The maximum absolute atomic E-state index is 14.9. The summed E-state index contributed by atoms with van der Waals surface area (Å²) in [6.07, 6.45) is -2.86. The minimum Gasteiger partial charge on any atom is -0.482 e. The Balaban J connectivity index is 1.41. The van der Waals surface area contributed by atoms with Crippen LogP contribution in [-0.4, -0.2) is 44.5 Å². The monoisotopic (exact) mass is 658 g/mol. The van der Waals surface area contributed by atoms with Crippen molar-refractivity contribution in [2.45, 2.75) is 46.6 Å². The van der Waals surface area contributed by atoms with Crippen molar-refractivity contribution in [1.29, 1.82) is 0 Å². The van der Waals surface area contributed by atoms with Crippen LogP contribution in [0.25, 0.3) is 5.69 Å². The standard InChI is InChI=1S/C31H30F4N6O4S/c1-5-46-30(40(18-42)26-14-20(4)6-12-24(26)19(2)3)38-29(43)37-21-7-13-27(25(32)15-21)44-16-28-36-17-41(39-28)22-8-10-23(11-9-22)45-31(33,34)35/h6-15,17-19H,5,16H2,1-4H3,(H,37,43)/b38-30-. The number of ether oxygens (including phenoxy) is 2. The van der Waals surface area contributed by atoms with E-state index in [1.165, 1.54) is 51.9 Å². The van der Waals surface area contributed by atoms with Crippen molar-refractivity contribution >= 4 is 40.7 Å². The van der Waals surface area contributed by atoms with E-state index in [4.69, 9.17) is 4.74 Å². The number of amidine groups is 1. The second-order valence-corrected chi connectivity index (χ2v) is 11.3. The fourth-order valence-electron chi connectivity index (χ4n) is 4.20. The molecule has 0 saturated heterocycles. The lowest BCUT2D eigenvalue weighted by Gasteiger charge is -2.23. The Morgan fingerprint density at radius 1 is 1.13 bits per heavy atom. The molecule has 0 radical (unpaired) electrons. The van der Waals surface area contributed by atoms with Gasteiger partial charge in [0, 0.05) is 11.8 Å². The predicted octanol–water partition coefficient (Wildman–Crippen LogP) is 7.62. The van der Waals surface area contributed by atoms with Gasteiger partial charge in [0.25, 0.3) is 0 Å². The van der Waals surface area contributed by atoms with Crippen LogP contribution >= 0.6 is 11.8 Å². The molecule has 1 N–H and O–H groups in total. The Kier molecular flexibility index (Phi) is 11.0. The first kappa shape index (κ1) is 34.0. The van der Waals surface area contributed by atoms with Crippen molar-refractivity contribution in [1.82, 2.24) is 14.8 Å². The molecule has 3 aromatic carbocycles. The highest BCUT2D eigenvalue weighted by Gasteiger charge is 2.31. The van der Waals surface area contributed by atoms with Crippen LogP contribution in [0, 0.1) is 12.7 Å². The van der Waals surface area contributed by atoms with E-state index >= 15 is 0 Å². The van der Waals surface area contributed by atoms with Crippen molar-refractivity contribution in [3.05, 3.63) is 89.8 Å². The summed E-state index contributed by atoms with van der Waals surface area (Å²) in [5.41, 5.74) is 2.99. The van der Waals surface area contributed by atoms with Gasteiger partial charge < -0.3 is 14.8 Å². The van der Waals surface area contributed by atoms with Gasteiger partial charge in [-0.05, 0) is 72.2 Å². The molecule has 1 aromatic heterocycles. The molecule has 0 saturated carbocycles. The molecule has 0 spiro atoms. The molecule has 0 atom stereocenters. The third-order valence-corrected chi connectivity index (χ3v) is 7.10. The predicted molar refractivity (Wildman–Crippen MR) is 167 cm³/mol. The van der Waals surface area contributed by atoms with Crippen molar-refractivity contribution in [2.24, 2.45) is 4.99 Å². The minimum atomic E-state index is -4.80. The first-order chi connectivity index (χ1) is 21.9. The molecule has 1 heterocycles. The maximum Gasteiger partial charge on any atom is 0.573 e. The zero-order valence-corrected chi connectivity index (χ0v) is 26.0. The number of hydrogen-bond donors (Lipinski definition) is 1. The second-order valence-electron chi connectivity index (χ2n) is 10.0. The summed E-state index contributed by atoms with van der Waals surface area (Å²) >= 11 is 1.21. The largest absolute Gasteiger partial charge is 0.573 e. The van der Waals surface area contributed by atoms with E-state index in [9.17, 15) is 27.2 Å². The Morgan fingerprint density at radius 2 is 1.87 bits per heavy atom.